The molecule has 0 atom stereocenters. The SMILES string of the molecule is CC(=O)N1CCc2cnnc(NN)c2C1. The van der Waals surface area contributed by atoms with Gasteiger partial charge in [-0.2, -0.15) is 5.10 Å². The van der Waals surface area contributed by atoms with Crippen molar-refractivity contribution in [3.63, 3.8) is 0 Å². The van der Waals surface area contributed by atoms with Crippen LogP contribution in [-0.4, -0.2) is 27.5 Å². The number of aromatic nitrogens is 2. The minimum Gasteiger partial charge on any atom is -0.338 e. The van der Waals surface area contributed by atoms with Crippen molar-refractivity contribution in [1.29, 1.82) is 0 Å². The fourth-order valence-corrected chi connectivity index (χ4v) is 1.75. The molecule has 0 saturated carbocycles. The molecular weight excluding hydrogens is 194 g/mol. The second-order valence-corrected chi connectivity index (χ2v) is 3.53. The van der Waals surface area contributed by atoms with Crippen LogP contribution in [0.2, 0.25) is 0 Å². The van der Waals surface area contributed by atoms with Crippen LogP contribution in [0.5, 0.6) is 0 Å². The average Bonchev–Trinajstić information content (AvgIpc) is 2.27. The minimum absolute atomic E-state index is 0.0698. The molecule has 80 valence electrons. The van der Waals surface area contributed by atoms with Crippen molar-refractivity contribution < 1.29 is 4.79 Å². The zero-order valence-corrected chi connectivity index (χ0v) is 8.53. The van der Waals surface area contributed by atoms with Crippen LogP contribution in [-0.2, 0) is 17.8 Å². The first-order valence-corrected chi connectivity index (χ1v) is 4.78. The van der Waals surface area contributed by atoms with Gasteiger partial charge in [0.25, 0.3) is 0 Å². The van der Waals surface area contributed by atoms with Gasteiger partial charge >= 0.3 is 0 Å². The summed E-state index contributed by atoms with van der Waals surface area (Å²) in [4.78, 5) is 13.0. The van der Waals surface area contributed by atoms with Crippen LogP contribution < -0.4 is 11.3 Å². The number of carbonyl (C=O) groups is 1. The molecule has 0 spiro atoms. The molecule has 0 radical (unpaired) electrons. The number of hydrogen-bond acceptors (Lipinski definition) is 5. The minimum atomic E-state index is 0.0698. The van der Waals surface area contributed by atoms with Crippen molar-refractivity contribution in [1.82, 2.24) is 15.1 Å². The molecule has 1 aromatic rings. The molecule has 0 aliphatic carbocycles. The van der Waals surface area contributed by atoms with E-state index in [0.29, 0.717) is 12.4 Å². The van der Waals surface area contributed by atoms with E-state index in [1.165, 1.54) is 0 Å². The molecule has 0 fully saturated rings. The first-order valence-electron chi connectivity index (χ1n) is 4.78. The largest absolute Gasteiger partial charge is 0.338 e. The van der Waals surface area contributed by atoms with Crippen molar-refractivity contribution in [3.05, 3.63) is 17.3 Å². The van der Waals surface area contributed by atoms with E-state index in [9.17, 15) is 4.79 Å². The van der Waals surface area contributed by atoms with Crippen molar-refractivity contribution in [3.8, 4) is 0 Å². The summed E-state index contributed by atoms with van der Waals surface area (Å²) in [5, 5.41) is 7.72. The zero-order chi connectivity index (χ0) is 10.8. The monoisotopic (exact) mass is 207 g/mol. The Bertz CT molecular complexity index is 378. The predicted octanol–water partition coefficient (Wildman–Crippen LogP) is -0.333. The van der Waals surface area contributed by atoms with Crippen LogP contribution >= 0.6 is 0 Å². The van der Waals surface area contributed by atoms with E-state index in [0.717, 1.165) is 24.1 Å². The summed E-state index contributed by atoms with van der Waals surface area (Å²) >= 11 is 0. The number of hydrogen-bond donors (Lipinski definition) is 2. The Morgan fingerprint density at radius 3 is 3.13 bits per heavy atom. The summed E-state index contributed by atoms with van der Waals surface area (Å²) in [5.41, 5.74) is 4.58. The van der Waals surface area contributed by atoms with E-state index in [2.05, 4.69) is 15.6 Å². The molecule has 1 aliphatic rings. The third-order valence-electron chi connectivity index (χ3n) is 2.63. The number of amides is 1. The molecule has 6 heteroatoms. The highest BCUT2D eigenvalue weighted by Crippen LogP contribution is 2.22. The Kier molecular flexibility index (Phi) is 2.51. The third-order valence-corrected chi connectivity index (χ3v) is 2.63. The maximum atomic E-state index is 11.2. The van der Waals surface area contributed by atoms with E-state index in [1.807, 2.05) is 0 Å². The standard InChI is InChI=1S/C9H13N5O/c1-6(15)14-3-2-7-4-11-13-9(12-10)8(7)5-14/h4H,2-3,5,10H2,1H3,(H,12,13). The van der Waals surface area contributed by atoms with Gasteiger partial charge in [0.2, 0.25) is 5.91 Å². The average molecular weight is 207 g/mol. The maximum absolute atomic E-state index is 11.2. The highest BCUT2D eigenvalue weighted by atomic mass is 16.2. The van der Waals surface area contributed by atoms with Crippen molar-refractivity contribution in [2.75, 3.05) is 12.0 Å². The van der Waals surface area contributed by atoms with Gasteiger partial charge in [-0.15, -0.1) is 5.10 Å². The summed E-state index contributed by atoms with van der Waals surface area (Å²) in [6.45, 7) is 2.85. The van der Waals surface area contributed by atoms with Crippen LogP contribution in [0.15, 0.2) is 6.20 Å². The molecule has 0 aromatic carbocycles. The molecule has 15 heavy (non-hydrogen) atoms. The molecule has 2 heterocycles. The van der Waals surface area contributed by atoms with Gasteiger partial charge in [-0.05, 0) is 12.0 Å². The Hall–Kier alpha value is -1.69. The predicted molar refractivity (Wildman–Crippen MR) is 54.6 cm³/mol. The lowest BCUT2D eigenvalue weighted by Crippen LogP contribution is -2.35. The van der Waals surface area contributed by atoms with Gasteiger partial charge in [-0.25, -0.2) is 5.84 Å². The van der Waals surface area contributed by atoms with Gasteiger partial charge in [-0.1, -0.05) is 0 Å². The Morgan fingerprint density at radius 2 is 2.47 bits per heavy atom. The summed E-state index contributed by atoms with van der Waals surface area (Å²) in [5.74, 6) is 5.96. The lowest BCUT2D eigenvalue weighted by atomic mass is 10.0. The molecule has 0 saturated heterocycles. The van der Waals surface area contributed by atoms with Crippen molar-refractivity contribution in [2.24, 2.45) is 5.84 Å². The first-order chi connectivity index (χ1) is 7.22. The van der Waals surface area contributed by atoms with E-state index in [1.54, 1.807) is 18.0 Å². The highest BCUT2D eigenvalue weighted by molar-refractivity contribution is 5.74. The molecule has 1 aliphatic heterocycles. The van der Waals surface area contributed by atoms with Crippen LogP contribution in [0, 0.1) is 0 Å². The number of carbonyl (C=O) groups excluding carboxylic acids is 1. The zero-order valence-electron chi connectivity index (χ0n) is 8.53. The summed E-state index contributed by atoms with van der Waals surface area (Å²) in [6.07, 6.45) is 2.53. The summed E-state index contributed by atoms with van der Waals surface area (Å²) in [6, 6.07) is 0. The molecule has 0 bridgehead atoms. The number of rotatable bonds is 1. The molecule has 2 rings (SSSR count). The Balaban J connectivity index is 2.34. The van der Waals surface area contributed by atoms with E-state index in [4.69, 9.17) is 5.84 Å². The third kappa shape index (κ3) is 1.75. The van der Waals surface area contributed by atoms with Crippen LogP contribution in [0.3, 0.4) is 0 Å². The molecule has 1 aromatic heterocycles. The van der Waals surface area contributed by atoms with Gasteiger partial charge in [0.15, 0.2) is 5.82 Å². The number of fused-ring (bicyclic) bond motifs is 1. The summed E-state index contributed by atoms with van der Waals surface area (Å²) < 4.78 is 0. The normalized spacial score (nSPS) is 14.7. The van der Waals surface area contributed by atoms with Crippen molar-refractivity contribution in [2.45, 2.75) is 19.9 Å². The highest BCUT2D eigenvalue weighted by Gasteiger charge is 2.21. The number of anilines is 1. The second kappa shape index (κ2) is 3.82. The lowest BCUT2D eigenvalue weighted by Gasteiger charge is -2.28. The Labute approximate surface area is 87.4 Å². The second-order valence-electron chi connectivity index (χ2n) is 3.53. The number of nitrogens with zero attached hydrogens (tertiary/aromatic N) is 3. The van der Waals surface area contributed by atoms with Gasteiger partial charge in [0.1, 0.15) is 0 Å². The van der Waals surface area contributed by atoms with Crippen LogP contribution in [0.25, 0.3) is 0 Å². The van der Waals surface area contributed by atoms with Gasteiger partial charge in [0, 0.05) is 25.6 Å². The molecule has 3 N–H and O–H groups in total. The smallest absolute Gasteiger partial charge is 0.219 e. The van der Waals surface area contributed by atoms with Gasteiger partial charge < -0.3 is 10.3 Å². The topological polar surface area (TPSA) is 84.1 Å². The number of nitrogens with two attached hydrogens (primary N) is 1. The number of nitrogen functional groups attached to an aromatic ring is 1. The van der Waals surface area contributed by atoms with Crippen molar-refractivity contribution >= 4 is 11.7 Å². The number of nitrogens with one attached hydrogen (secondary N) is 1. The van der Waals surface area contributed by atoms with E-state index in [-0.39, 0.29) is 5.91 Å². The fraction of sp³-hybridized carbons (Fsp3) is 0.444. The molecule has 0 unspecified atom stereocenters. The van der Waals surface area contributed by atoms with E-state index >= 15 is 0 Å². The van der Waals surface area contributed by atoms with Crippen LogP contribution in [0.1, 0.15) is 18.1 Å². The molecule has 1 amide bonds. The molecule has 6 nitrogen and oxygen atoms in total. The summed E-state index contributed by atoms with van der Waals surface area (Å²) in [7, 11) is 0. The quantitative estimate of drug-likeness (QED) is 0.486. The molecular formula is C9H13N5O. The maximum Gasteiger partial charge on any atom is 0.219 e. The Morgan fingerprint density at radius 1 is 1.67 bits per heavy atom. The van der Waals surface area contributed by atoms with Gasteiger partial charge in [0.05, 0.1) is 6.20 Å². The van der Waals surface area contributed by atoms with Crippen LogP contribution in [0.4, 0.5) is 5.82 Å². The van der Waals surface area contributed by atoms with Gasteiger partial charge in [-0.3, -0.25) is 4.79 Å². The fourth-order valence-electron chi connectivity index (χ4n) is 1.75. The van der Waals surface area contributed by atoms with E-state index < -0.39 is 0 Å². The lowest BCUT2D eigenvalue weighted by molar-refractivity contribution is -0.129. The first kappa shape index (κ1) is 9.85. The number of hydrazine groups is 1.